The molecule has 1 fully saturated rings. The lowest BCUT2D eigenvalue weighted by Gasteiger charge is -2.42. The van der Waals surface area contributed by atoms with Crippen LogP contribution in [0.25, 0.3) is 5.70 Å². The summed E-state index contributed by atoms with van der Waals surface area (Å²) in [5, 5.41) is 8.16. The average molecular weight is 401 g/mol. The number of rotatable bonds is 6. The lowest BCUT2D eigenvalue weighted by molar-refractivity contribution is -0.0226. The van der Waals surface area contributed by atoms with Crippen LogP contribution in [0.3, 0.4) is 0 Å². The summed E-state index contributed by atoms with van der Waals surface area (Å²) < 4.78 is 25.6. The molecule has 3 rings (SSSR count). The summed E-state index contributed by atoms with van der Waals surface area (Å²) in [5.74, 6) is 0.00347. The number of hydrazine groups is 1. The Morgan fingerprint density at radius 1 is 1.27 bits per heavy atom. The second-order valence-electron chi connectivity index (χ2n) is 6.51. The molecule has 144 valence electrons. The van der Waals surface area contributed by atoms with Crippen LogP contribution >= 0.6 is 11.6 Å². The molecule has 26 heavy (non-hydrogen) atoms. The monoisotopic (exact) mass is 400 g/mol. The number of likely N-dealkylation sites (N-methyl/N-ethyl adjacent to an activating group) is 1. The average Bonchev–Trinajstić information content (AvgIpc) is 2.62. The number of nitrogens with zero attached hydrogens (tertiary/aromatic N) is 4. The third kappa shape index (κ3) is 4.66. The first kappa shape index (κ1) is 19.4. The van der Waals surface area contributed by atoms with Crippen LogP contribution in [-0.4, -0.2) is 80.9 Å². The van der Waals surface area contributed by atoms with E-state index in [9.17, 15) is 8.42 Å². The fraction of sp³-hybridized carbons (Fsp3) is 0.562. The molecule has 0 bridgehead atoms. The van der Waals surface area contributed by atoms with Crippen molar-refractivity contribution in [3.05, 3.63) is 34.7 Å². The van der Waals surface area contributed by atoms with Gasteiger partial charge in [-0.15, -0.1) is 0 Å². The molecule has 0 radical (unpaired) electrons. The minimum atomic E-state index is -3.25. The van der Waals surface area contributed by atoms with Gasteiger partial charge in [0.1, 0.15) is 5.15 Å². The van der Waals surface area contributed by atoms with Gasteiger partial charge in [-0.25, -0.2) is 23.1 Å². The van der Waals surface area contributed by atoms with E-state index < -0.39 is 10.0 Å². The quantitative estimate of drug-likeness (QED) is 0.658. The van der Waals surface area contributed by atoms with Crippen LogP contribution in [0.15, 0.2) is 18.5 Å². The molecule has 2 aliphatic heterocycles. The molecule has 2 N–H and O–H groups in total. The highest BCUT2D eigenvalue weighted by Gasteiger charge is 2.24. The zero-order chi connectivity index (χ0) is 18.7. The van der Waals surface area contributed by atoms with E-state index in [1.807, 2.05) is 12.3 Å². The second-order valence-corrected chi connectivity index (χ2v) is 8.94. The highest BCUT2D eigenvalue weighted by molar-refractivity contribution is 7.89. The van der Waals surface area contributed by atoms with E-state index in [0.29, 0.717) is 11.7 Å². The van der Waals surface area contributed by atoms with Crippen molar-refractivity contribution in [2.45, 2.75) is 6.54 Å². The normalized spacial score (nSPS) is 19.2. The summed E-state index contributed by atoms with van der Waals surface area (Å²) in [5.41, 5.74) is 2.90. The molecule has 1 saturated heterocycles. The van der Waals surface area contributed by atoms with Gasteiger partial charge >= 0.3 is 0 Å². The summed E-state index contributed by atoms with van der Waals surface area (Å²) in [6.45, 7) is 4.96. The predicted octanol–water partition coefficient (Wildman–Crippen LogP) is 0.150. The summed E-state index contributed by atoms with van der Waals surface area (Å²) in [4.78, 5) is 6.51. The standard InChI is InChI=1S/C16H25ClN6O2S/c1-18-26(24,25)8-3-19-15-12-23(22-6-4-21(2)5-7-22)11-13-10-20-16(17)9-14(13)15/h9-10,12,18-19H,3-8,11H2,1-2H3. The zero-order valence-electron chi connectivity index (χ0n) is 15.1. The number of nitrogens with one attached hydrogen (secondary N) is 2. The lowest BCUT2D eigenvalue weighted by Crippen LogP contribution is -2.51. The maximum absolute atomic E-state index is 11.7. The number of hydrogen-bond acceptors (Lipinski definition) is 7. The van der Waals surface area contributed by atoms with E-state index in [-0.39, 0.29) is 5.75 Å². The van der Waals surface area contributed by atoms with Crippen molar-refractivity contribution in [2.24, 2.45) is 0 Å². The molecular weight excluding hydrogens is 376 g/mol. The molecule has 1 aromatic rings. The zero-order valence-corrected chi connectivity index (χ0v) is 16.6. The second kappa shape index (κ2) is 8.10. The fourth-order valence-electron chi connectivity index (χ4n) is 3.07. The molecule has 0 aromatic carbocycles. The first-order valence-corrected chi connectivity index (χ1v) is 10.6. The fourth-order valence-corrected chi connectivity index (χ4v) is 3.80. The maximum Gasteiger partial charge on any atom is 0.213 e. The van der Waals surface area contributed by atoms with Gasteiger partial charge in [0.25, 0.3) is 0 Å². The Morgan fingerprint density at radius 2 is 2.00 bits per heavy atom. The van der Waals surface area contributed by atoms with Crippen LogP contribution in [-0.2, 0) is 16.6 Å². The minimum absolute atomic E-state index is 0.00347. The predicted molar refractivity (Wildman–Crippen MR) is 103 cm³/mol. The van der Waals surface area contributed by atoms with Gasteiger partial charge in [-0.05, 0) is 20.2 Å². The summed E-state index contributed by atoms with van der Waals surface area (Å²) in [6.07, 6.45) is 3.83. The van der Waals surface area contributed by atoms with Gasteiger partial charge in [0.15, 0.2) is 0 Å². The van der Waals surface area contributed by atoms with Crippen molar-refractivity contribution in [2.75, 3.05) is 52.6 Å². The van der Waals surface area contributed by atoms with Gasteiger partial charge in [-0.1, -0.05) is 11.6 Å². The van der Waals surface area contributed by atoms with Crippen molar-refractivity contribution < 1.29 is 8.42 Å². The molecule has 10 heteroatoms. The van der Waals surface area contributed by atoms with E-state index in [1.54, 1.807) is 6.20 Å². The summed E-state index contributed by atoms with van der Waals surface area (Å²) in [6, 6.07) is 1.82. The van der Waals surface area contributed by atoms with Crippen LogP contribution in [0.2, 0.25) is 5.15 Å². The van der Waals surface area contributed by atoms with Crippen molar-refractivity contribution in [1.82, 2.24) is 29.9 Å². The lowest BCUT2D eigenvalue weighted by atomic mass is 10.0. The molecule has 0 aliphatic carbocycles. The summed E-state index contributed by atoms with van der Waals surface area (Å²) >= 11 is 6.07. The first-order valence-electron chi connectivity index (χ1n) is 8.60. The SMILES string of the molecule is CNS(=O)(=O)CCNC1=CN(N2CCN(C)CC2)Cc2cnc(Cl)cc21. The highest BCUT2D eigenvalue weighted by atomic mass is 35.5. The number of halogens is 1. The molecule has 3 heterocycles. The van der Waals surface area contributed by atoms with Gasteiger partial charge in [-0.2, -0.15) is 0 Å². The molecule has 1 aromatic heterocycles. The molecule has 0 unspecified atom stereocenters. The van der Waals surface area contributed by atoms with Crippen LogP contribution in [0, 0.1) is 0 Å². The van der Waals surface area contributed by atoms with Gasteiger partial charge in [0.2, 0.25) is 10.0 Å². The Bertz CT molecular complexity index is 777. The number of sulfonamides is 1. The third-order valence-corrected chi connectivity index (χ3v) is 6.26. The van der Waals surface area contributed by atoms with Crippen molar-refractivity contribution in [3.8, 4) is 0 Å². The maximum atomic E-state index is 11.7. The van der Waals surface area contributed by atoms with E-state index in [4.69, 9.17) is 11.6 Å². The van der Waals surface area contributed by atoms with E-state index >= 15 is 0 Å². The van der Waals surface area contributed by atoms with Gasteiger partial charge in [0, 0.05) is 56.2 Å². The van der Waals surface area contributed by atoms with Crippen molar-refractivity contribution >= 4 is 27.3 Å². The number of aromatic nitrogens is 1. The largest absolute Gasteiger partial charge is 0.382 e. The van der Waals surface area contributed by atoms with E-state index in [2.05, 4.69) is 37.0 Å². The molecule has 0 spiro atoms. The Kier molecular flexibility index (Phi) is 6.03. The Balaban J connectivity index is 1.78. The molecule has 8 nitrogen and oxygen atoms in total. The van der Waals surface area contributed by atoms with Crippen LogP contribution in [0.4, 0.5) is 0 Å². The minimum Gasteiger partial charge on any atom is -0.382 e. The Hall–Kier alpha value is -1.39. The molecular formula is C16H25ClN6O2S. The van der Waals surface area contributed by atoms with Crippen LogP contribution in [0.1, 0.15) is 11.1 Å². The van der Waals surface area contributed by atoms with Crippen LogP contribution < -0.4 is 10.0 Å². The molecule has 0 atom stereocenters. The third-order valence-electron chi connectivity index (χ3n) is 4.69. The Labute approximate surface area is 159 Å². The number of hydrogen-bond donors (Lipinski definition) is 2. The molecule has 2 aliphatic rings. The molecule has 0 amide bonds. The first-order chi connectivity index (χ1) is 12.4. The van der Waals surface area contributed by atoms with Gasteiger partial charge < -0.3 is 15.2 Å². The Morgan fingerprint density at radius 3 is 2.69 bits per heavy atom. The molecule has 0 saturated carbocycles. The van der Waals surface area contributed by atoms with Gasteiger partial charge in [-0.3, -0.25) is 0 Å². The van der Waals surface area contributed by atoms with E-state index in [1.165, 1.54) is 7.05 Å². The topological polar surface area (TPSA) is 80.8 Å². The number of fused-ring (bicyclic) bond motifs is 1. The van der Waals surface area contributed by atoms with Crippen molar-refractivity contribution in [3.63, 3.8) is 0 Å². The summed E-state index contributed by atoms with van der Waals surface area (Å²) in [7, 11) is 0.293. The smallest absolute Gasteiger partial charge is 0.213 e. The van der Waals surface area contributed by atoms with Crippen molar-refractivity contribution in [1.29, 1.82) is 0 Å². The van der Waals surface area contributed by atoms with Gasteiger partial charge in [0.05, 0.1) is 18.0 Å². The number of pyridine rings is 1. The number of piperazine rings is 1. The van der Waals surface area contributed by atoms with E-state index in [0.717, 1.165) is 49.5 Å². The highest BCUT2D eigenvalue weighted by Crippen LogP contribution is 2.27. The van der Waals surface area contributed by atoms with Crippen LogP contribution in [0.5, 0.6) is 0 Å².